The first-order chi connectivity index (χ1) is 15.4. The maximum absolute atomic E-state index is 12.8. The van der Waals surface area contributed by atoms with E-state index in [0.29, 0.717) is 19.6 Å². The van der Waals surface area contributed by atoms with E-state index in [1.54, 1.807) is 11.8 Å². The predicted octanol–water partition coefficient (Wildman–Crippen LogP) is 2.91. The number of sulfonamides is 1. The third-order valence-electron chi connectivity index (χ3n) is 6.27. The number of thioether (sulfide) groups is 1. The smallest absolute Gasteiger partial charge is 0.268 e. The van der Waals surface area contributed by atoms with Gasteiger partial charge in [0.15, 0.2) is 0 Å². The van der Waals surface area contributed by atoms with Crippen molar-refractivity contribution in [3.8, 4) is 0 Å². The Hall–Kier alpha value is -1.81. The summed E-state index contributed by atoms with van der Waals surface area (Å²) in [6, 6.07) is 9.75. The minimum Gasteiger partial charge on any atom is -0.356 e. The number of hydrogen-bond acceptors (Lipinski definition) is 5. The lowest BCUT2D eigenvalue weighted by molar-refractivity contribution is 0.0946. The van der Waals surface area contributed by atoms with Gasteiger partial charge in [-0.2, -0.15) is 16.1 Å². The van der Waals surface area contributed by atoms with Crippen molar-refractivity contribution in [3.05, 3.63) is 53.3 Å². The van der Waals surface area contributed by atoms with Gasteiger partial charge in [0.05, 0.1) is 0 Å². The second kappa shape index (κ2) is 10.4. The van der Waals surface area contributed by atoms with Gasteiger partial charge in [0.1, 0.15) is 10.6 Å². The van der Waals surface area contributed by atoms with E-state index in [2.05, 4.69) is 34.3 Å². The van der Waals surface area contributed by atoms with Gasteiger partial charge in [0.2, 0.25) is 10.0 Å². The Bertz CT molecular complexity index is 1010. The molecule has 32 heavy (non-hydrogen) atoms. The number of piperidine rings is 1. The molecule has 2 aliphatic rings. The van der Waals surface area contributed by atoms with E-state index >= 15 is 0 Å². The molecule has 3 heterocycles. The Morgan fingerprint density at radius 1 is 1.09 bits per heavy atom. The van der Waals surface area contributed by atoms with Gasteiger partial charge in [-0.3, -0.25) is 9.69 Å². The molecule has 2 N–H and O–H groups in total. The van der Waals surface area contributed by atoms with Crippen LogP contribution in [0, 0.1) is 5.92 Å². The zero-order valence-corrected chi connectivity index (χ0v) is 20.2. The zero-order valence-electron chi connectivity index (χ0n) is 18.5. The quantitative estimate of drug-likeness (QED) is 0.642. The number of aromatic amines is 1. The summed E-state index contributed by atoms with van der Waals surface area (Å²) < 4.78 is 27.0. The molecule has 2 aromatic rings. The van der Waals surface area contributed by atoms with Gasteiger partial charge in [-0.1, -0.05) is 31.2 Å². The van der Waals surface area contributed by atoms with Crippen LogP contribution in [0.15, 0.2) is 41.4 Å². The molecular weight excluding hydrogens is 444 g/mol. The van der Waals surface area contributed by atoms with Crippen LogP contribution in [0.2, 0.25) is 0 Å². The van der Waals surface area contributed by atoms with Crippen LogP contribution in [-0.4, -0.2) is 66.2 Å². The van der Waals surface area contributed by atoms with E-state index in [0.717, 1.165) is 42.6 Å². The molecule has 0 aliphatic carbocycles. The largest absolute Gasteiger partial charge is 0.356 e. The lowest BCUT2D eigenvalue weighted by Gasteiger charge is -2.30. The third-order valence-corrected chi connectivity index (χ3v) is 9.09. The highest BCUT2D eigenvalue weighted by molar-refractivity contribution is 7.99. The van der Waals surface area contributed by atoms with Crippen molar-refractivity contribution in [1.29, 1.82) is 0 Å². The second-order valence-electron chi connectivity index (χ2n) is 8.72. The first kappa shape index (κ1) is 23.4. The van der Waals surface area contributed by atoms with Crippen LogP contribution in [-0.2, 0) is 23.1 Å². The maximum Gasteiger partial charge on any atom is 0.268 e. The fourth-order valence-electron chi connectivity index (χ4n) is 4.11. The number of nitrogens with zero attached hydrogens (tertiary/aromatic N) is 2. The van der Waals surface area contributed by atoms with Crippen LogP contribution in [0.5, 0.6) is 0 Å². The van der Waals surface area contributed by atoms with E-state index in [1.807, 2.05) is 12.1 Å². The summed E-state index contributed by atoms with van der Waals surface area (Å²) in [6.45, 7) is 7.01. The Morgan fingerprint density at radius 2 is 1.75 bits per heavy atom. The van der Waals surface area contributed by atoms with E-state index < -0.39 is 10.0 Å². The van der Waals surface area contributed by atoms with Gasteiger partial charge in [-0.25, -0.2) is 8.42 Å². The summed E-state index contributed by atoms with van der Waals surface area (Å²) >= 11 is 1.75. The van der Waals surface area contributed by atoms with E-state index in [9.17, 15) is 13.2 Å². The summed E-state index contributed by atoms with van der Waals surface area (Å²) in [5.41, 5.74) is 2.55. The van der Waals surface area contributed by atoms with Crippen molar-refractivity contribution in [1.82, 2.24) is 19.5 Å². The molecule has 2 aliphatic heterocycles. The van der Waals surface area contributed by atoms with Crippen molar-refractivity contribution < 1.29 is 13.2 Å². The molecule has 9 heteroatoms. The maximum atomic E-state index is 12.8. The number of hydrogen-bond donors (Lipinski definition) is 2. The predicted molar refractivity (Wildman–Crippen MR) is 128 cm³/mol. The number of rotatable bonds is 7. The minimum atomic E-state index is -3.56. The molecule has 2 fully saturated rings. The average Bonchev–Trinajstić information content (AvgIpc) is 3.32. The number of benzene rings is 1. The van der Waals surface area contributed by atoms with Crippen LogP contribution < -0.4 is 5.32 Å². The van der Waals surface area contributed by atoms with Gasteiger partial charge in [0.25, 0.3) is 5.91 Å². The van der Waals surface area contributed by atoms with Gasteiger partial charge in [-0.05, 0) is 49.0 Å². The first-order valence-electron chi connectivity index (χ1n) is 11.3. The van der Waals surface area contributed by atoms with Crippen LogP contribution in [0.4, 0.5) is 0 Å². The van der Waals surface area contributed by atoms with E-state index in [-0.39, 0.29) is 16.5 Å². The number of aromatic nitrogens is 1. The van der Waals surface area contributed by atoms with E-state index in [4.69, 9.17) is 0 Å². The van der Waals surface area contributed by atoms with Crippen molar-refractivity contribution in [2.75, 3.05) is 37.7 Å². The average molecular weight is 477 g/mol. The Kier molecular flexibility index (Phi) is 7.60. The molecule has 0 radical (unpaired) electrons. The van der Waals surface area contributed by atoms with Crippen LogP contribution >= 0.6 is 11.8 Å². The van der Waals surface area contributed by atoms with Gasteiger partial charge < -0.3 is 10.3 Å². The van der Waals surface area contributed by atoms with Crippen molar-refractivity contribution in [2.24, 2.45) is 5.92 Å². The fraction of sp³-hybridized carbons (Fsp3) is 0.522. The standard InChI is InChI=1S/C23H32N4O3S2/c1-18-6-8-26(9-7-18)17-20-4-2-19(3-5-20)15-25-23(28)22-14-21(16-24-22)32(29,30)27-10-12-31-13-11-27/h2-5,14,16,18,24H,6-13,15,17H2,1H3,(H,25,28). The van der Waals surface area contributed by atoms with Crippen LogP contribution in [0.25, 0.3) is 0 Å². The number of carbonyl (C=O) groups excluding carboxylic acids is 1. The molecule has 1 aromatic heterocycles. The van der Waals surface area contributed by atoms with Gasteiger partial charge in [-0.15, -0.1) is 0 Å². The topological polar surface area (TPSA) is 85.5 Å². The van der Waals surface area contributed by atoms with Crippen molar-refractivity contribution in [2.45, 2.75) is 37.8 Å². The summed E-state index contributed by atoms with van der Waals surface area (Å²) in [4.78, 5) is 18.0. The molecular formula is C23H32N4O3S2. The molecule has 0 atom stereocenters. The zero-order chi connectivity index (χ0) is 22.6. The monoisotopic (exact) mass is 476 g/mol. The molecule has 4 rings (SSSR count). The minimum absolute atomic E-state index is 0.144. The molecule has 174 valence electrons. The molecule has 1 aromatic carbocycles. The van der Waals surface area contributed by atoms with Crippen LogP contribution in [0.3, 0.4) is 0 Å². The molecule has 0 saturated carbocycles. The van der Waals surface area contributed by atoms with Crippen molar-refractivity contribution in [3.63, 3.8) is 0 Å². The van der Waals surface area contributed by atoms with Crippen molar-refractivity contribution >= 4 is 27.7 Å². The second-order valence-corrected chi connectivity index (χ2v) is 11.9. The normalized spacial score (nSPS) is 19.2. The lowest BCUT2D eigenvalue weighted by atomic mass is 9.99. The Balaban J connectivity index is 1.29. The molecule has 2 saturated heterocycles. The highest BCUT2D eigenvalue weighted by Gasteiger charge is 2.27. The van der Waals surface area contributed by atoms with Gasteiger partial charge in [0, 0.05) is 43.9 Å². The SMILES string of the molecule is CC1CCN(Cc2ccc(CNC(=O)c3cc(S(=O)(=O)N4CCSCC4)c[nH]3)cc2)CC1. The molecule has 1 amide bonds. The molecule has 7 nitrogen and oxygen atoms in total. The summed E-state index contributed by atoms with van der Waals surface area (Å²) in [5, 5.41) is 2.87. The van der Waals surface area contributed by atoms with Crippen LogP contribution in [0.1, 0.15) is 41.4 Å². The summed E-state index contributed by atoms with van der Waals surface area (Å²) in [5.74, 6) is 2.11. The number of nitrogens with one attached hydrogen (secondary N) is 2. The van der Waals surface area contributed by atoms with E-state index in [1.165, 1.54) is 35.0 Å². The fourth-order valence-corrected chi connectivity index (χ4v) is 6.68. The summed E-state index contributed by atoms with van der Waals surface area (Å²) in [7, 11) is -3.56. The third kappa shape index (κ3) is 5.75. The molecule has 0 spiro atoms. The Labute approximate surface area is 195 Å². The molecule has 0 unspecified atom stereocenters. The first-order valence-corrected chi connectivity index (χ1v) is 13.9. The van der Waals surface area contributed by atoms with Gasteiger partial charge >= 0.3 is 0 Å². The number of carbonyl (C=O) groups is 1. The number of H-pyrrole nitrogens is 1. The number of likely N-dealkylation sites (tertiary alicyclic amines) is 1. The molecule has 0 bridgehead atoms. The Morgan fingerprint density at radius 3 is 2.44 bits per heavy atom. The lowest BCUT2D eigenvalue weighted by Crippen LogP contribution is -2.37. The highest BCUT2D eigenvalue weighted by atomic mass is 32.2. The summed E-state index contributed by atoms with van der Waals surface area (Å²) in [6.07, 6.45) is 3.94. The highest BCUT2D eigenvalue weighted by Crippen LogP contribution is 2.21. The number of amides is 1.